The molecule has 3 atom stereocenters. The van der Waals surface area contributed by atoms with Crippen molar-refractivity contribution in [1.29, 1.82) is 0 Å². The van der Waals surface area contributed by atoms with Gasteiger partial charge in [0.15, 0.2) is 0 Å². The van der Waals surface area contributed by atoms with Crippen molar-refractivity contribution in [3.63, 3.8) is 0 Å². The van der Waals surface area contributed by atoms with E-state index in [0.29, 0.717) is 24.5 Å². The molecule has 26 heavy (non-hydrogen) atoms. The molecule has 2 aliphatic heterocycles. The van der Waals surface area contributed by atoms with E-state index in [1.807, 2.05) is 42.4 Å². The van der Waals surface area contributed by atoms with Gasteiger partial charge in [-0.25, -0.2) is 8.42 Å². The summed E-state index contributed by atoms with van der Waals surface area (Å²) in [5, 5.41) is 1.89. The van der Waals surface area contributed by atoms with Gasteiger partial charge in [-0.15, -0.1) is 0 Å². The van der Waals surface area contributed by atoms with Crippen LogP contribution in [0, 0.1) is 5.92 Å². The lowest BCUT2D eigenvalue weighted by Gasteiger charge is -2.41. The van der Waals surface area contributed by atoms with E-state index in [1.54, 1.807) is 28.6 Å². The van der Waals surface area contributed by atoms with Gasteiger partial charge in [0, 0.05) is 30.0 Å². The zero-order chi connectivity index (χ0) is 18.3. The van der Waals surface area contributed by atoms with E-state index >= 15 is 0 Å². The molecular formula is C19H21BrN2O3S. The Bertz CT molecular complexity index is 891. The van der Waals surface area contributed by atoms with Crippen LogP contribution in [0.15, 0.2) is 64.0 Å². The van der Waals surface area contributed by atoms with E-state index in [4.69, 9.17) is 4.84 Å². The van der Waals surface area contributed by atoms with E-state index in [-0.39, 0.29) is 18.0 Å². The fourth-order valence-corrected chi connectivity index (χ4v) is 6.07. The number of hydrogen-bond donors (Lipinski definition) is 0. The molecular weight excluding hydrogens is 416 g/mol. The fraction of sp³-hybridized carbons (Fsp3) is 0.368. The highest BCUT2D eigenvalue weighted by Crippen LogP contribution is 2.41. The van der Waals surface area contributed by atoms with Gasteiger partial charge in [0.05, 0.1) is 17.5 Å². The van der Waals surface area contributed by atoms with Gasteiger partial charge < -0.3 is 0 Å². The molecule has 0 aliphatic carbocycles. The van der Waals surface area contributed by atoms with Crippen LogP contribution in [-0.2, 0) is 14.9 Å². The Morgan fingerprint density at radius 3 is 2.62 bits per heavy atom. The number of sulfonamides is 1. The average Bonchev–Trinajstić information content (AvgIpc) is 3.02. The predicted octanol–water partition coefficient (Wildman–Crippen LogP) is 3.45. The highest BCUT2D eigenvalue weighted by atomic mass is 79.9. The Kier molecular flexibility index (Phi) is 4.92. The topological polar surface area (TPSA) is 49.9 Å². The number of hydroxylamine groups is 2. The van der Waals surface area contributed by atoms with E-state index in [0.717, 1.165) is 10.0 Å². The van der Waals surface area contributed by atoms with Gasteiger partial charge in [0.25, 0.3) is 0 Å². The molecule has 0 aromatic heterocycles. The summed E-state index contributed by atoms with van der Waals surface area (Å²) in [6, 6.07) is 16.6. The molecule has 0 bridgehead atoms. The highest BCUT2D eigenvalue weighted by Gasteiger charge is 2.46. The van der Waals surface area contributed by atoms with Gasteiger partial charge in [-0.2, -0.15) is 9.37 Å². The van der Waals surface area contributed by atoms with E-state index in [2.05, 4.69) is 15.9 Å². The van der Waals surface area contributed by atoms with Crippen LogP contribution in [0.2, 0.25) is 0 Å². The van der Waals surface area contributed by atoms with Crippen LogP contribution in [-0.4, -0.2) is 44.0 Å². The molecule has 0 N–H and O–H groups in total. The first-order valence-corrected chi connectivity index (χ1v) is 10.9. The minimum Gasteiger partial charge on any atom is -0.299 e. The molecule has 4 rings (SSSR count). The molecule has 2 heterocycles. The lowest BCUT2D eigenvalue weighted by Crippen LogP contribution is -2.49. The van der Waals surface area contributed by atoms with Crippen LogP contribution >= 0.6 is 15.9 Å². The molecule has 7 heteroatoms. The summed E-state index contributed by atoms with van der Waals surface area (Å²) in [5.41, 5.74) is 0.998. The van der Waals surface area contributed by atoms with Crippen molar-refractivity contribution in [3.8, 4) is 0 Å². The zero-order valence-electron chi connectivity index (χ0n) is 14.5. The number of hydrogen-bond acceptors (Lipinski definition) is 4. The maximum absolute atomic E-state index is 13.4. The van der Waals surface area contributed by atoms with Crippen LogP contribution in [0.3, 0.4) is 0 Å². The highest BCUT2D eigenvalue weighted by molar-refractivity contribution is 9.10. The Morgan fingerprint density at radius 2 is 1.88 bits per heavy atom. The van der Waals surface area contributed by atoms with Crippen molar-refractivity contribution >= 4 is 26.0 Å². The van der Waals surface area contributed by atoms with Crippen molar-refractivity contribution in [2.75, 3.05) is 20.2 Å². The summed E-state index contributed by atoms with van der Waals surface area (Å²) in [5.74, 6) is 0.182. The summed E-state index contributed by atoms with van der Waals surface area (Å²) in [6.07, 6.45) is 0.712. The standard InChI is InChI=1S/C19H21BrN2O3S/c1-21-18-11-19(14-6-5-7-16(20)10-14)22(12-15(18)13-25-21)26(23,24)17-8-3-2-4-9-17/h2-10,15,18-19H,11-13H2,1H3/t15-,18-,19-/m0/s1. The van der Waals surface area contributed by atoms with Crippen LogP contribution in [0.25, 0.3) is 0 Å². The number of halogens is 1. The minimum absolute atomic E-state index is 0.182. The van der Waals surface area contributed by atoms with Gasteiger partial charge >= 0.3 is 0 Å². The molecule has 0 spiro atoms. The third kappa shape index (κ3) is 3.23. The van der Waals surface area contributed by atoms with E-state index in [1.165, 1.54) is 0 Å². The molecule has 2 fully saturated rings. The van der Waals surface area contributed by atoms with Crippen LogP contribution in [0.4, 0.5) is 0 Å². The van der Waals surface area contributed by atoms with Gasteiger partial charge in [-0.3, -0.25) is 4.84 Å². The number of benzene rings is 2. The Labute approximate surface area is 162 Å². The molecule has 0 unspecified atom stereocenters. The van der Waals surface area contributed by atoms with Crippen molar-refractivity contribution in [2.45, 2.75) is 23.4 Å². The van der Waals surface area contributed by atoms with Gasteiger partial charge in [-0.05, 0) is 36.2 Å². The summed E-state index contributed by atoms with van der Waals surface area (Å²) >= 11 is 3.51. The second-order valence-electron chi connectivity index (χ2n) is 6.86. The molecule has 0 radical (unpaired) electrons. The Morgan fingerprint density at radius 1 is 1.12 bits per heavy atom. The van der Waals surface area contributed by atoms with Gasteiger partial charge in [0.1, 0.15) is 0 Å². The smallest absolute Gasteiger partial charge is 0.243 e. The van der Waals surface area contributed by atoms with Crippen molar-refractivity contribution in [2.24, 2.45) is 5.92 Å². The first-order chi connectivity index (χ1) is 12.5. The Hall–Kier alpha value is -1.25. The normalized spacial score (nSPS) is 27.4. The van der Waals surface area contributed by atoms with E-state index in [9.17, 15) is 8.42 Å². The zero-order valence-corrected chi connectivity index (χ0v) is 16.9. The Balaban J connectivity index is 1.77. The quantitative estimate of drug-likeness (QED) is 0.738. The van der Waals surface area contributed by atoms with Crippen molar-refractivity contribution < 1.29 is 13.3 Å². The number of nitrogens with zero attached hydrogens (tertiary/aromatic N) is 2. The molecule has 2 aromatic rings. The van der Waals surface area contributed by atoms with Gasteiger partial charge in [0.2, 0.25) is 10.0 Å². The summed E-state index contributed by atoms with van der Waals surface area (Å²) in [4.78, 5) is 6.02. The molecule has 2 aromatic carbocycles. The van der Waals surface area contributed by atoms with Crippen LogP contribution < -0.4 is 0 Å². The maximum Gasteiger partial charge on any atom is 0.243 e. The predicted molar refractivity (Wildman–Crippen MR) is 103 cm³/mol. The monoisotopic (exact) mass is 436 g/mol. The third-order valence-electron chi connectivity index (χ3n) is 5.31. The fourth-order valence-electron chi connectivity index (χ4n) is 3.95. The van der Waals surface area contributed by atoms with Gasteiger partial charge in [-0.1, -0.05) is 46.3 Å². The lowest BCUT2D eigenvalue weighted by atomic mass is 9.87. The second-order valence-corrected chi connectivity index (χ2v) is 9.67. The number of fused-ring (bicyclic) bond motifs is 1. The first kappa shape index (κ1) is 18.1. The molecule has 0 saturated carbocycles. The lowest BCUT2D eigenvalue weighted by molar-refractivity contribution is -0.113. The molecule has 5 nitrogen and oxygen atoms in total. The SMILES string of the molecule is CN1OC[C@@H]2CN(S(=O)(=O)c3ccccc3)[C@H](c3cccc(Br)c3)C[C@@H]21. The molecule has 2 saturated heterocycles. The largest absolute Gasteiger partial charge is 0.299 e. The van der Waals surface area contributed by atoms with E-state index < -0.39 is 10.0 Å². The maximum atomic E-state index is 13.4. The first-order valence-electron chi connectivity index (χ1n) is 8.65. The minimum atomic E-state index is -3.58. The van der Waals surface area contributed by atoms with Crippen molar-refractivity contribution in [1.82, 2.24) is 9.37 Å². The molecule has 2 aliphatic rings. The molecule has 138 valence electrons. The summed E-state index contributed by atoms with van der Waals surface area (Å²) in [6.45, 7) is 1.02. The number of rotatable bonds is 3. The second kappa shape index (κ2) is 7.05. The van der Waals surface area contributed by atoms with Crippen molar-refractivity contribution in [3.05, 3.63) is 64.6 Å². The summed E-state index contributed by atoms with van der Waals surface area (Å²) < 4.78 is 29.4. The van der Waals surface area contributed by atoms with Crippen LogP contribution in [0.5, 0.6) is 0 Å². The summed E-state index contributed by atoms with van der Waals surface area (Å²) in [7, 11) is -1.65. The third-order valence-corrected chi connectivity index (χ3v) is 7.70. The molecule has 0 amide bonds. The average molecular weight is 437 g/mol. The van der Waals surface area contributed by atoms with Crippen LogP contribution in [0.1, 0.15) is 18.0 Å². The number of piperidine rings is 1.